The van der Waals surface area contributed by atoms with Gasteiger partial charge in [0.1, 0.15) is 0 Å². The molecule has 0 radical (unpaired) electrons. The van der Waals surface area contributed by atoms with Crippen LogP contribution in [0.5, 0.6) is 0 Å². The fourth-order valence-electron chi connectivity index (χ4n) is 2.80. The van der Waals surface area contributed by atoms with Crippen molar-refractivity contribution in [3.63, 3.8) is 0 Å². The minimum absolute atomic E-state index is 0.0191. The van der Waals surface area contributed by atoms with Crippen molar-refractivity contribution in [3.05, 3.63) is 29.8 Å². The molecule has 2 fully saturated rings. The van der Waals surface area contributed by atoms with Crippen LogP contribution in [-0.4, -0.2) is 31.1 Å². The van der Waals surface area contributed by atoms with E-state index in [0.717, 1.165) is 38.7 Å². The second-order valence-corrected chi connectivity index (χ2v) is 6.01. The van der Waals surface area contributed by atoms with Crippen molar-refractivity contribution in [1.29, 1.82) is 0 Å². The van der Waals surface area contributed by atoms with Crippen molar-refractivity contribution in [1.82, 2.24) is 5.32 Å². The lowest BCUT2D eigenvalue weighted by atomic mass is 9.85. The molecule has 1 aromatic carbocycles. The van der Waals surface area contributed by atoms with Gasteiger partial charge in [0.05, 0.1) is 17.4 Å². The molecule has 1 aliphatic carbocycles. The molecule has 3 rings (SSSR count). The summed E-state index contributed by atoms with van der Waals surface area (Å²) in [5.41, 5.74) is 1.09. The third kappa shape index (κ3) is 3.47. The highest BCUT2D eigenvalue weighted by molar-refractivity contribution is 6.04. The van der Waals surface area contributed by atoms with E-state index in [-0.39, 0.29) is 23.8 Å². The van der Waals surface area contributed by atoms with E-state index < -0.39 is 0 Å². The van der Waals surface area contributed by atoms with Crippen molar-refractivity contribution in [2.24, 2.45) is 5.92 Å². The molecule has 1 aliphatic heterocycles. The summed E-state index contributed by atoms with van der Waals surface area (Å²) >= 11 is 0. The molecule has 1 heterocycles. The summed E-state index contributed by atoms with van der Waals surface area (Å²) in [4.78, 5) is 24.4. The van der Waals surface area contributed by atoms with Gasteiger partial charge in [0.25, 0.3) is 5.91 Å². The van der Waals surface area contributed by atoms with E-state index in [2.05, 4.69) is 10.6 Å². The van der Waals surface area contributed by atoms with E-state index in [4.69, 9.17) is 4.74 Å². The number of carbonyl (C=O) groups is 2. The molecule has 1 saturated carbocycles. The zero-order chi connectivity index (χ0) is 15.4. The van der Waals surface area contributed by atoms with Crippen LogP contribution in [0, 0.1) is 5.92 Å². The summed E-state index contributed by atoms with van der Waals surface area (Å²) in [6.07, 6.45) is 5.15. The fourth-order valence-corrected chi connectivity index (χ4v) is 2.80. The van der Waals surface area contributed by atoms with Crippen LogP contribution in [0.25, 0.3) is 0 Å². The van der Waals surface area contributed by atoms with Crippen LogP contribution in [-0.2, 0) is 9.53 Å². The second-order valence-electron chi connectivity index (χ2n) is 6.01. The van der Waals surface area contributed by atoms with E-state index >= 15 is 0 Å². The molecule has 1 unspecified atom stereocenters. The Balaban J connectivity index is 1.61. The number of para-hydroxylation sites is 1. The van der Waals surface area contributed by atoms with Gasteiger partial charge in [0.15, 0.2) is 0 Å². The van der Waals surface area contributed by atoms with Gasteiger partial charge in [-0.3, -0.25) is 9.59 Å². The summed E-state index contributed by atoms with van der Waals surface area (Å²) in [6, 6.07) is 7.14. The number of rotatable bonds is 5. The smallest absolute Gasteiger partial charge is 0.253 e. The monoisotopic (exact) mass is 302 g/mol. The minimum Gasteiger partial charge on any atom is -0.376 e. The first-order valence-electron chi connectivity index (χ1n) is 8.04. The molecule has 1 atom stereocenters. The van der Waals surface area contributed by atoms with Crippen molar-refractivity contribution in [3.8, 4) is 0 Å². The Bertz CT molecular complexity index is 549. The molecule has 2 aliphatic rings. The predicted octanol–water partition coefficient (Wildman–Crippen LogP) is 2.33. The van der Waals surface area contributed by atoms with Crippen LogP contribution in [0.4, 0.5) is 5.69 Å². The first kappa shape index (κ1) is 15.0. The molecule has 2 amide bonds. The minimum atomic E-state index is -0.167. The molecule has 5 nitrogen and oxygen atoms in total. The number of carbonyl (C=O) groups excluding carboxylic acids is 2. The lowest BCUT2D eigenvalue weighted by Gasteiger charge is -2.24. The highest BCUT2D eigenvalue weighted by Gasteiger charge is 2.26. The Kier molecular flexibility index (Phi) is 4.73. The Morgan fingerprint density at radius 3 is 2.64 bits per heavy atom. The highest BCUT2D eigenvalue weighted by Crippen LogP contribution is 2.28. The van der Waals surface area contributed by atoms with Gasteiger partial charge < -0.3 is 15.4 Å². The van der Waals surface area contributed by atoms with Crippen molar-refractivity contribution >= 4 is 17.5 Å². The van der Waals surface area contributed by atoms with Crippen LogP contribution in [0.3, 0.4) is 0 Å². The van der Waals surface area contributed by atoms with E-state index in [1.54, 1.807) is 18.2 Å². The van der Waals surface area contributed by atoms with Gasteiger partial charge in [-0.2, -0.15) is 0 Å². The maximum absolute atomic E-state index is 12.3. The lowest BCUT2D eigenvalue weighted by molar-refractivity contribution is -0.122. The number of hydrogen-bond acceptors (Lipinski definition) is 3. The number of anilines is 1. The number of amides is 2. The number of nitrogens with one attached hydrogen (secondary N) is 2. The molecule has 0 spiro atoms. The second kappa shape index (κ2) is 6.92. The predicted molar refractivity (Wildman–Crippen MR) is 83.7 cm³/mol. The normalized spacial score (nSPS) is 21.2. The summed E-state index contributed by atoms with van der Waals surface area (Å²) in [7, 11) is 0. The van der Waals surface area contributed by atoms with Crippen molar-refractivity contribution in [2.75, 3.05) is 18.5 Å². The van der Waals surface area contributed by atoms with Gasteiger partial charge in [-0.15, -0.1) is 0 Å². The fraction of sp³-hybridized carbons (Fsp3) is 0.529. The molecule has 1 saturated heterocycles. The standard InChI is InChI=1S/C17H22N2O3/c20-16(12-5-3-6-12)19-15-9-2-1-8-14(15)17(21)18-11-13-7-4-10-22-13/h1-2,8-9,12-13H,3-7,10-11H2,(H,18,21)(H,19,20). The maximum atomic E-state index is 12.3. The van der Waals surface area contributed by atoms with Crippen LogP contribution in [0.15, 0.2) is 24.3 Å². The highest BCUT2D eigenvalue weighted by atomic mass is 16.5. The number of ether oxygens (including phenoxy) is 1. The zero-order valence-electron chi connectivity index (χ0n) is 12.6. The van der Waals surface area contributed by atoms with Gasteiger partial charge in [0.2, 0.25) is 5.91 Å². The topological polar surface area (TPSA) is 67.4 Å². The average molecular weight is 302 g/mol. The summed E-state index contributed by atoms with van der Waals surface area (Å²) in [5.74, 6) is -0.0476. The molecule has 5 heteroatoms. The Hall–Kier alpha value is -1.88. The number of benzene rings is 1. The average Bonchev–Trinajstić information content (AvgIpc) is 2.96. The molecule has 0 bridgehead atoms. The first-order chi connectivity index (χ1) is 10.7. The molecule has 22 heavy (non-hydrogen) atoms. The van der Waals surface area contributed by atoms with Gasteiger partial charge in [-0.05, 0) is 37.8 Å². The third-order valence-electron chi connectivity index (χ3n) is 4.42. The molecular weight excluding hydrogens is 280 g/mol. The maximum Gasteiger partial charge on any atom is 0.253 e. The van der Waals surface area contributed by atoms with E-state index in [1.165, 1.54) is 0 Å². The molecule has 2 N–H and O–H groups in total. The lowest BCUT2D eigenvalue weighted by Crippen LogP contribution is -2.33. The van der Waals surface area contributed by atoms with Gasteiger partial charge in [-0.1, -0.05) is 18.6 Å². The Morgan fingerprint density at radius 1 is 1.14 bits per heavy atom. The van der Waals surface area contributed by atoms with Gasteiger partial charge in [0, 0.05) is 19.1 Å². The van der Waals surface area contributed by atoms with E-state index in [0.29, 0.717) is 17.8 Å². The third-order valence-corrected chi connectivity index (χ3v) is 4.42. The quantitative estimate of drug-likeness (QED) is 0.877. The molecule has 1 aromatic rings. The SMILES string of the molecule is O=C(NCC1CCCO1)c1ccccc1NC(=O)C1CCC1. The first-order valence-corrected chi connectivity index (χ1v) is 8.04. The Labute approximate surface area is 130 Å². The van der Waals surface area contributed by atoms with Crippen molar-refractivity contribution < 1.29 is 14.3 Å². The van der Waals surface area contributed by atoms with Gasteiger partial charge in [-0.25, -0.2) is 0 Å². The summed E-state index contributed by atoms with van der Waals surface area (Å²) in [6.45, 7) is 1.29. The molecular formula is C17H22N2O3. The van der Waals surface area contributed by atoms with E-state index in [1.807, 2.05) is 6.07 Å². The number of hydrogen-bond donors (Lipinski definition) is 2. The van der Waals surface area contributed by atoms with Gasteiger partial charge >= 0.3 is 0 Å². The largest absolute Gasteiger partial charge is 0.376 e. The molecule has 118 valence electrons. The van der Waals surface area contributed by atoms with Crippen molar-refractivity contribution in [2.45, 2.75) is 38.2 Å². The van der Waals surface area contributed by atoms with Crippen LogP contribution < -0.4 is 10.6 Å². The molecule has 0 aromatic heterocycles. The zero-order valence-corrected chi connectivity index (χ0v) is 12.6. The summed E-state index contributed by atoms with van der Waals surface area (Å²) in [5, 5.41) is 5.79. The van der Waals surface area contributed by atoms with Crippen LogP contribution >= 0.6 is 0 Å². The van der Waals surface area contributed by atoms with Crippen LogP contribution in [0.1, 0.15) is 42.5 Å². The van der Waals surface area contributed by atoms with E-state index in [9.17, 15) is 9.59 Å². The van der Waals surface area contributed by atoms with Crippen LogP contribution in [0.2, 0.25) is 0 Å². The summed E-state index contributed by atoms with van der Waals surface area (Å²) < 4.78 is 5.50. The Morgan fingerprint density at radius 2 is 1.95 bits per heavy atom.